The standard InChI is InChI=1S/C24H24BrN3O2/c1-16-7-9-17(10-8-16)15-30-24-18(19(25)11-12-22(24)29-2)13-26-14-23-27-20-5-3-4-6-21(20)28-23/h3-12,26H,13-15H2,1-2H3,(H,27,28). The Bertz CT molecular complexity index is 1110. The second-order valence-electron chi connectivity index (χ2n) is 7.14. The number of para-hydroxylation sites is 2. The van der Waals surface area contributed by atoms with Crippen LogP contribution in [0.15, 0.2) is 65.1 Å². The second kappa shape index (κ2) is 9.32. The number of hydrogen-bond acceptors (Lipinski definition) is 4. The smallest absolute Gasteiger partial charge is 0.167 e. The van der Waals surface area contributed by atoms with Gasteiger partial charge < -0.3 is 19.8 Å². The molecule has 0 bridgehead atoms. The zero-order valence-corrected chi connectivity index (χ0v) is 18.6. The van der Waals surface area contributed by atoms with Gasteiger partial charge >= 0.3 is 0 Å². The van der Waals surface area contributed by atoms with E-state index in [-0.39, 0.29) is 0 Å². The molecule has 0 spiro atoms. The van der Waals surface area contributed by atoms with E-state index in [0.29, 0.717) is 25.4 Å². The van der Waals surface area contributed by atoms with Gasteiger partial charge in [-0.1, -0.05) is 57.9 Å². The molecule has 0 aliphatic rings. The highest BCUT2D eigenvalue weighted by Gasteiger charge is 2.15. The number of H-pyrrole nitrogens is 1. The number of imidazole rings is 1. The van der Waals surface area contributed by atoms with Crippen LogP contribution in [-0.2, 0) is 19.7 Å². The van der Waals surface area contributed by atoms with Gasteiger partial charge in [-0.3, -0.25) is 0 Å². The van der Waals surface area contributed by atoms with Gasteiger partial charge in [-0.25, -0.2) is 4.98 Å². The molecule has 2 N–H and O–H groups in total. The Hall–Kier alpha value is -2.83. The zero-order chi connectivity index (χ0) is 20.9. The van der Waals surface area contributed by atoms with Gasteiger partial charge in [-0.2, -0.15) is 0 Å². The summed E-state index contributed by atoms with van der Waals surface area (Å²) in [5, 5.41) is 3.46. The Morgan fingerprint density at radius 2 is 1.80 bits per heavy atom. The van der Waals surface area contributed by atoms with Crippen molar-refractivity contribution < 1.29 is 9.47 Å². The van der Waals surface area contributed by atoms with E-state index in [9.17, 15) is 0 Å². The van der Waals surface area contributed by atoms with Crippen molar-refractivity contribution in [3.05, 3.63) is 87.7 Å². The van der Waals surface area contributed by atoms with Gasteiger partial charge in [-0.05, 0) is 36.8 Å². The normalized spacial score (nSPS) is 11.0. The van der Waals surface area contributed by atoms with E-state index in [1.807, 2.05) is 36.4 Å². The lowest BCUT2D eigenvalue weighted by Crippen LogP contribution is -2.15. The first-order chi connectivity index (χ1) is 14.6. The van der Waals surface area contributed by atoms with Crippen LogP contribution < -0.4 is 14.8 Å². The van der Waals surface area contributed by atoms with Crippen molar-refractivity contribution in [3.8, 4) is 11.5 Å². The van der Waals surface area contributed by atoms with Gasteiger partial charge in [0, 0.05) is 16.6 Å². The van der Waals surface area contributed by atoms with E-state index < -0.39 is 0 Å². The number of rotatable bonds is 8. The van der Waals surface area contributed by atoms with Gasteiger partial charge in [0.2, 0.25) is 0 Å². The average molecular weight is 466 g/mol. The van der Waals surface area contributed by atoms with E-state index in [1.54, 1.807) is 7.11 Å². The molecule has 0 saturated carbocycles. The Labute approximate surface area is 184 Å². The van der Waals surface area contributed by atoms with Crippen LogP contribution in [0.3, 0.4) is 0 Å². The Kier molecular flexibility index (Phi) is 6.35. The maximum atomic E-state index is 6.20. The fraction of sp³-hybridized carbons (Fsp3) is 0.208. The van der Waals surface area contributed by atoms with Gasteiger partial charge in [-0.15, -0.1) is 0 Å². The Morgan fingerprint density at radius 1 is 1.00 bits per heavy atom. The summed E-state index contributed by atoms with van der Waals surface area (Å²) >= 11 is 3.66. The lowest BCUT2D eigenvalue weighted by Gasteiger charge is -2.17. The maximum absolute atomic E-state index is 6.20. The van der Waals surface area contributed by atoms with Gasteiger partial charge in [0.25, 0.3) is 0 Å². The van der Waals surface area contributed by atoms with E-state index in [0.717, 1.165) is 38.2 Å². The van der Waals surface area contributed by atoms with Crippen molar-refractivity contribution in [3.63, 3.8) is 0 Å². The van der Waals surface area contributed by atoms with Gasteiger partial charge in [0.05, 0.1) is 24.7 Å². The summed E-state index contributed by atoms with van der Waals surface area (Å²) in [5.41, 5.74) is 5.37. The van der Waals surface area contributed by atoms with Crippen LogP contribution in [0.1, 0.15) is 22.5 Å². The SMILES string of the molecule is COc1ccc(Br)c(CNCc2nc3ccccc3[nH]2)c1OCc1ccc(C)cc1. The summed E-state index contributed by atoms with van der Waals surface area (Å²) in [7, 11) is 1.66. The number of aromatic amines is 1. The third kappa shape index (κ3) is 4.66. The van der Waals surface area contributed by atoms with Crippen LogP contribution in [0.5, 0.6) is 11.5 Å². The molecule has 0 atom stereocenters. The fourth-order valence-electron chi connectivity index (χ4n) is 3.30. The molecule has 0 radical (unpaired) electrons. The van der Waals surface area contributed by atoms with Crippen molar-refractivity contribution in [2.75, 3.05) is 7.11 Å². The topological polar surface area (TPSA) is 59.2 Å². The number of ether oxygens (including phenoxy) is 2. The molecule has 3 aromatic carbocycles. The molecule has 0 saturated heterocycles. The molecule has 0 fully saturated rings. The largest absolute Gasteiger partial charge is 0.493 e. The molecule has 4 rings (SSSR count). The maximum Gasteiger partial charge on any atom is 0.167 e. The first kappa shape index (κ1) is 20.4. The number of benzene rings is 3. The predicted molar refractivity (Wildman–Crippen MR) is 123 cm³/mol. The van der Waals surface area contributed by atoms with Crippen LogP contribution in [-0.4, -0.2) is 17.1 Å². The van der Waals surface area contributed by atoms with Crippen LogP contribution in [0.2, 0.25) is 0 Å². The number of hydrogen-bond donors (Lipinski definition) is 2. The molecular weight excluding hydrogens is 442 g/mol. The third-order valence-corrected chi connectivity index (χ3v) is 5.67. The van der Waals surface area contributed by atoms with Crippen molar-refractivity contribution in [1.29, 1.82) is 0 Å². The molecule has 0 unspecified atom stereocenters. The summed E-state index contributed by atoms with van der Waals surface area (Å²) in [4.78, 5) is 7.96. The highest BCUT2D eigenvalue weighted by atomic mass is 79.9. The molecule has 6 heteroatoms. The minimum Gasteiger partial charge on any atom is -0.493 e. The fourth-order valence-corrected chi connectivity index (χ4v) is 3.75. The lowest BCUT2D eigenvalue weighted by molar-refractivity contribution is 0.280. The molecule has 0 aliphatic heterocycles. The van der Waals surface area contributed by atoms with Crippen molar-refractivity contribution in [1.82, 2.24) is 15.3 Å². The summed E-state index contributed by atoms with van der Waals surface area (Å²) < 4.78 is 12.7. The zero-order valence-electron chi connectivity index (χ0n) is 17.0. The number of nitrogens with one attached hydrogen (secondary N) is 2. The van der Waals surface area contributed by atoms with Crippen LogP contribution >= 0.6 is 15.9 Å². The third-order valence-electron chi connectivity index (χ3n) is 4.92. The number of methoxy groups -OCH3 is 1. The predicted octanol–water partition coefficient (Wildman–Crippen LogP) is 5.51. The van der Waals surface area contributed by atoms with E-state index in [1.165, 1.54) is 5.56 Å². The van der Waals surface area contributed by atoms with Crippen molar-refractivity contribution in [2.45, 2.75) is 26.6 Å². The van der Waals surface area contributed by atoms with Crippen molar-refractivity contribution in [2.24, 2.45) is 0 Å². The summed E-state index contributed by atoms with van der Waals surface area (Å²) in [6.07, 6.45) is 0. The first-order valence-electron chi connectivity index (χ1n) is 9.82. The molecule has 4 aromatic rings. The monoisotopic (exact) mass is 465 g/mol. The number of aromatic nitrogens is 2. The Balaban J connectivity index is 1.48. The lowest BCUT2D eigenvalue weighted by atomic mass is 10.1. The van der Waals surface area contributed by atoms with E-state index >= 15 is 0 Å². The number of halogens is 1. The molecule has 0 aliphatic carbocycles. The quantitative estimate of drug-likeness (QED) is 0.360. The molecule has 5 nitrogen and oxygen atoms in total. The summed E-state index contributed by atoms with van der Waals surface area (Å²) in [6, 6.07) is 20.3. The second-order valence-corrected chi connectivity index (χ2v) is 7.99. The summed E-state index contributed by atoms with van der Waals surface area (Å²) in [5.74, 6) is 2.35. The van der Waals surface area contributed by atoms with Crippen LogP contribution in [0.4, 0.5) is 0 Å². The van der Waals surface area contributed by atoms with Crippen LogP contribution in [0, 0.1) is 6.92 Å². The summed E-state index contributed by atoms with van der Waals surface area (Å²) in [6.45, 7) is 3.78. The average Bonchev–Trinajstić information content (AvgIpc) is 3.17. The number of fused-ring (bicyclic) bond motifs is 1. The highest BCUT2D eigenvalue weighted by Crippen LogP contribution is 2.36. The van der Waals surface area contributed by atoms with Crippen LogP contribution in [0.25, 0.3) is 11.0 Å². The molecule has 30 heavy (non-hydrogen) atoms. The molecular formula is C24H24BrN3O2. The van der Waals surface area contributed by atoms with E-state index in [4.69, 9.17) is 9.47 Å². The Morgan fingerprint density at radius 3 is 2.57 bits per heavy atom. The molecule has 1 aromatic heterocycles. The first-order valence-corrected chi connectivity index (χ1v) is 10.6. The highest BCUT2D eigenvalue weighted by molar-refractivity contribution is 9.10. The molecule has 0 amide bonds. The van der Waals surface area contributed by atoms with Gasteiger partial charge in [0.15, 0.2) is 11.5 Å². The van der Waals surface area contributed by atoms with Crippen molar-refractivity contribution >= 4 is 27.0 Å². The van der Waals surface area contributed by atoms with E-state index in [2.05, 4.69) is 62.4 Å². The minimum absolute atomic E-state index is 0.476. The van der Waals surface area contributed by atoms with Gasteiger partial charge in [0.1, 0.15) is 12.4 Å². The molecule has 154 valence electrons. The number of aryl methyl sites for hydroxylation is 1. The minimum atomic E-state index is 0.476. The molecule has 1 heterocycles. The number of nitrogens with zero attached hydrogens (tertiary/aromatic N) is 1.